The molecule has 1 amide bonds. The molecule has 1 fully saturated rings. The number of nitrogens with zero attached hydrogens (tertiary/aromatic N) is 2. The number of anilines is 2. The van der Waals surface area contributed by atoms with Crippen LogP contribution >= 0.6 is 0 Å². The Morgan fingerprint density at radius 1 is 1.19 bits per heavy atom. The molecule has 0 atom stereocenters. The molecule has 1 aromatic carbocycles. The Bertz CT molecular complexity index is 477. The minimum atomic E-state index is 0.212. The normalized spacial score (nSPS) is 15.5. The number of likely N-dealkylation sites (tertiary alicyclic amines) is 1. The minimum absolute atomic E-state index is 0.212. The Morgan fingerprint density at radius 2 is 1.86 bits per heavy atom. The molecular weight excluding hydrogens is 262 g/mol. The molecular formula is C17H27N3O. The number of nitrogens with one attached hydrogen (secondary N) is 1. The standard InChI is InChI=1S/C17H27N3O/c1-14-8-9-15(12-16(14)19(2)3)18-13-17(21)20-10-6-4-5-7-11-20/h8-9,12,18H,4-7,10-11,13H2,1-3H3. The summed E-state index contributed by atoms with van der Waals surface area (Å²) in [6.45, 7) is 4.31. The van der Waals surface area contributed by atoms with Gasteiger partial charge in [-0.05, 0) is 37.5 Å². The van der Waals surface area contributed by atoms with Crippen LogP contribution in [-0.2, 0) is 4.79 Å². The second-order valence-corrected chi connectivity index (χ2v) is 6.04. The molecule has 2 rings (SSSR count). The SMILES string of the molecule is Cc1ccc(NCC(=O)N2CCCCCC2)cc1N(C)C. The van der Waals surface area contributed by atoms with Crippen LogP contribution in [0.2, 0.25) is 0 Å². The molecule has 0 aromatic heterocycles. The Kier molecular flexibility index (Phi) is 5.48. The highest BCUT2D eigenvalue weighted by Crippen LogP contribution is 2.22. The molecule has 0 spiro atoms. The summed E-state index contributed by atoms with van der Waals surface area (Å²) in [4.78, 5) is 16.4. The lowest BCUT2D eigenvalue weighted by Gasteiger charge is -2.21. The summed E-state index contributed by atoms with van der Waals surface area (Å²) in [7, 11) is 4.07. The van der Waals surface area contributed by atoms with E-state index < -0.39 is 0 Å². The number of hydrogen-bond acceptors (Lipinski definition) is 3. The summed E-state index contributed by atoms with van der Waals surface area (Å²) in [6.07, 6.45) is 4.78. The number of benzene rings is 1. The fourth-order valence-corrected chi connectivity index (χ4v) is 2.81. The topological polar surface area (TPSA) is 35.6 Å². The smallest absolute Gasteiger partial charge is 0.241 e. The van der Waals surface area contributed by atoms with Crippen LogP contribution in [0.3, 0.4) is 0 Å². The van der Waals surface area contributed by atoms with Crippen molar-refractivity contribution in [2.45, 2.75) is 32.6 Å². The van der Waals surface area contributed by atoms with Crippen LogP contribution in [0.1, 0.15) is 31.2 Å². The van der Waals surface area contributed by atoms with E-state index in [1.165, 1.54) is 24.1 Å². The molecule has 0 bridgehead atoms. The zero-order valence-corrected chi connectivity index (χ0v) is 13.5. The number of rotatable bonds is 4. The quantitative estimate of drug-likeness (QED) is 0.926. The van der Waals surface area contributed by atoms with Gasteiger partial charge < -0.3 is 15.1 Å². The third kappa shape index (κ3) is 4.38. The minimum Gasteiger partial charge on any atom is -0.377 e. The maximum absolute atomic E-state index is 12.3. The van der Waals surface area contributed by atoms with Crippen LogP contribution in [0.15, 0.2) is 18.2 Å². The molecule has 0 unspecified atom stereocenters. The van der Waals surface area contributed by atoms with Crippen molar-refractivity contribution in [2.75, 3.05) is 43.9 Å². The van der Waals surface area contributed by atoms with Crippen molar-refractivity contribution in [1.29, 1.82) is 0 Å². The number of amides is 1. The number of carbonyl (C=O) groups is 1. The molecule has 0 aliphatic carbocycles. The number of hydrogen-bond donors (Lipinski definition) is 1. The number of aryl methyl sites for hydroxylation is 1. The molecule has 1 aromatic rings. The van der Waals surface area contributed by atoms with Gasteiger partial charge >= 0.3 is 0 Å². The van der Waals surface area contributed by atoms with Crippen LogP contribution in [-0.4, -0.2) is 44.5 Å². The van der Waals surface area contributed by atoms with Gasteiger partial charge in [-0.1, -0.05) is 18.9 Å². The fraction of sp³-hybridized carbons (Fsp3) is 0.588. The highest BCUT2D eigenvalue weighted by Gasteiger charge is 2.15. The summed E-state index contributed by atoms with van der Waals surface area (Å²) in [6, 6.07) is 6.23. The van der Waals surface area contributed by atoms with Crippen molar-refractivity contribution in [3.63, 3.8) is 0 Å². The zero-order valence-electron chi connectivity index (χ0n) is 13.5. The summed E-state index contributed by atoms with van der Waals surface area (Å²) in [5.41, 5.74) is 3.43. The van der Waals surface area contributed by atoms with Crippen molar-refractivity contribution in [2.24, 2.45) is 0 Å². The third-order valence-electron chi connectivity index (χ3n) is 4.09. The second kappa shape index (κ2) is 7.34. The van der Waals surface area contributed by atoms with Crippen LogP contribution in [0.5, 0.6) is 0 Å². The van der Waals surface area contributed by atoms with Crippen molar-refractivity contribution in [1.82, 2.24) is 4.90 Å². The predicted octanol–water partition coefficient (Wildman–Crippen LogP) is 2.88. The second-order valence-electron chi connectivity index (χ2n) is 6.04. The van der Waals surface area contributed by atoms with Gasteiger partial charge in [0.1, 0.15) is 0 Å². The monoisotopic (exact) mass is 289 g/mol. The van der Waals surface area contributed by atoms with Crippen LogP contribution < -0.4 is 10.2 Å². The Labute approximate surface area is 128 Å². The maximum atomic E-state index is 12.3. The summed E-state index contributed by atoms with van der Waals surface area (Å²) < 4.78 is 0. The first-order valence-corrected chi connectivity index (χ1v) is 7.87. The van der Waals surface area contributed by atoms with E-state index in [-0.39, 0.29) is 5.91 Å². The zero-order chi connectivity index (χ0) is 15.2. The van der Waals surface area contributed by atoms with Crippen molar-refractivity contribution < 1.29 is 4.79 Å². The molecule has 4 heteroatoms. The van der Waals surface area contributed by atoms with Gasteiger partial charge in [0.15, 0.2) is 0 Å². The van der Waals surface area contributed by atoms with E-state index in [9.17, 15) is 4.79 Å². The average molecular weight is 289 g/mol. The summed E-state index contributed by atoms with van der Waals surface area (Å²) in [5.74, 6) is 0.212. The molecule has 1 heterocycles. The highest BCUT2D eigenvalue weighted by atomic mass is 16.2. The van der Waals surface area contributed by atoms with E-state index in [1.807, 2.05) is 25.1 Å². The van der Waals surface area contributed by atoms with E-state index in [1.54, 1.807) is 0 Å². The average Bonchev–Trinajstić information content (AvgIpc) is 2.75. The Hall–Kier alpha value is -1.71. The van der Waals surface area contributed by atoms with Crippen LogP contribution in [0.25, 0.3) is 0 Å². The molecule has 1 aliphatic rings. The van der Waals surface area contributed by atoms with Gasteiger partial charge in [-0.25, -0.2) is 0 Å². The lowest BCUT2D eigenvalue weighted by Crippen LogP contribution is -2.36. The fourth-order valence-electron chi connectivity index (χ4n) is 2.81. The molecule has 0 radical (unpaired) electrons. The van der Waals surface area contributed by atoms with Crippen LogP contribution in [0.4, 0.5) is 11.4 Å². The van der Waals surface area contributed by atoms with E-state index in [0.29, 0.717) is 6.54 Å². The van der Waals surface area contributed by atoms with Gasteiger partial charge in [0.2, 0.25) is 5.91 Å². The molecule has 21 heavy (non-hydrogen) atoms. The Morgan fingerprint density at radius 3 is 2.48 bits per heavy atom. The molecule has 116 valence electrons. The first-order valence-electron chi connectivity index (χ1n) is 7.87. The third-order valence-corrected chi connectivity index (χ3v) is 4.09. The summed E-state index contributed by atoms with van der Waals surface area (Å²) in [5, 5.41) is 3.27. The first-order chi connectivity index (χ1) is 10.1. The van der Waals surface area contributed by atoms with Gasteiger partial charge in [0.25, 0.3) is 0 Å². The number of carbonyl (C=O) groups excluding carboxylic acids is 1. The highest BCUT2D eigenvalue weighted by molar-refractivity contribution is 5.81. The van der Waals surface area contributed by atoms with Gasteiger partial charge in [0, 0.05) is 38.6 Å². The molecule has 4 nitrogen and oxygen atoms in total. The van der Waals surface area contributed by atoms with Gasteiger partial charge in [-0.3, -0.25) is 4.79 Å². The van der Waals surface area contributed by atoms with E-state index in [4.69, 9.17) is 0 Å². The van der Waals surface area contributed by atoms with Gasteiger partial charge in [-0.2, -0.15) is 0 Å². The summed E-state index contributed by atoms with van der Waals surface area (Å²) >= 11 is 0. The van der Waals surface area contributed by atoms with E-state index in [0.717, 1.165) is 31.6 Å². The van der Waals surface area contributed by atoms with Crippen molar-refractivity contribution >= 4 is 17.3 Å². The lowest BCUT2D eigenvalue weighted by atomic mass is 10.1. The van der Waals surface area contributed by atoms with Gasteiger partial charge in [-0.15, -0.1) is 0 Å². The lowest BCUT2D eigenvalue weighted by molar-refractivity contribution is -0.129. The molecule has 1 N–H and O–H groups in total. The maximum Gasteiger partial charge on any atom is 0.241 e. The van der Waals surface area contributed by atoms with E-state index in [2.05, 4.69) is 29.3 Å². The predicted molar refractivity (Wildman–Crippen MR) is 89.0 cm³/mol. The van der Waals surface area contributed by atoms with Crippen molar-refractivity contribution in [3.8, 4) is 0 Å². The first kappa shape index (κ1) is 15.7. The molecule has 1 saturated heterocycles. The molecule has 1 aliphatic heterocycles. The Balaban J connectivity index is 1.93. The molecule has 0 saturated carbocycles. The van der Waals surface area contributed by atoms with E-state index >= 15 is 0 Å². The van der Waals surface area contributed by atoms with Crippen LogP contribution in [0, 0.1) is 6.92 Å². The van der Waals surface area contributed by atoms with Crippen molar-refractivity contribution in [3.05, 3.63) is 23.8 Å². The van der Waals surface area contributed by atoms with Gasteiger partial charge in [0.05, 0.1) is 6.54 Å². The largest absolute Gasteiger partial charge is 0.377 e.